The normalized spacial score (nSPS) is 13.0. The monoisotopic (exact) mass is 410 g/mol. The van der Waals surface area contributed by atoms with E-state index in [9.17, 15) is 9.59 Å². The number of amides is 3. The van der Waals surface area contributed by atoms with Crippen molar-refractivity contribution < 1.29 is 14.3 Å². The van der Waals surface area contributed by atoms with Crippen LogP contribution in [0.2, 0.25) is 0 Å². The Morgan fingerprint density at radius 2 is 1.70 bits per heavy atom. The van der Waals surface area contributed by atoms with Crippen LogP contribution in [0.15, 0.2) is 48.5 Å². The molecule has 2 aromatic rings. The summed E-state index contributed by atoms with van der Waals surface area (Å²) in [4.78, 5) is 26.7. The summed E-state index contributed by atoms with van der Waals surface area (Å²) in [6.07, 6.45) is 2.07. The SMILES string of the molecule is CCN(CC)CCOc1ccccc1NC(=O)c1ccc(NC(=O)NC2CC2)cc1. The fourth-order valence-electron chi connectivity index (χ4n) is 3.00. The molecule has 3 amide bonds. The number of ether oxygens (including phenoxy) is 1. The summed E-state index contributed by atoms with van der Waals surface area (Å²) in [7, 11) is 0. The van der Waals surface area contributed by atoms with Gasteiger partial charge in [-0.25, -0.2) is 4.79 Å². The molecule has 30 heavy (non-hydrogen) atoms. The van der Waals surface area contributed by atoms with Gasteiger partial charge in [0.15, 0.2) is 0 Å². The van der Waals surface area contributed by atoms with Crippen molar-refractivity contribution in [1.82, 2.24) is 10.2 Å². The van der Waals surface area contributed by atoms with Crippen LogP contribution < -0.4 is 20.7 Å². The number of urea groups is 1. The van der Waals surface area contributed by atoms with Gasteiger partial charge in [0.2, 0.25) is 0 Å². The minimum absolute atomic E-state index is 0.217. The molecule has 0 heterocycles. The second-order valence-corrected chi connectivity index (χ2v) is 7.28. The van der Waals surface area contributed by atoms with Crippen LogP contribution >= 0.6 is 0 Å². The van der Waals surface area contributed by atoms with Gasteiger partial charge in [-0.2, -0.15) is 0 Å². The molecule has 0 bridgehead atoms. The van der Waals surface area contributed by atoms with Gasteiger partial charge in [0.25, 0.3) is 5.91 Å². The van der Waals surface area contributed by atoms with Crippen LogP contribution in [0.5, 0.6) is 5.75 Å². The van der Waals surface area contributed by atoms with E-state index in [0.29, 0.717) is 35.3 Å². The summed E-state index contributed by atoms with van der Waals surface area (Å²) in [6, 6.07) is 14.3. The van der Waals surface area contributed by atoms with Crippen molar-refractivity contribution in [1.29, 1.82) is 0 Å². The lowest BCUT2D eigenvalue weighted by Crippen LogP contribution is -2.30. The van der Waals surface area contributed by atoms with Gasteiger partial charge in [0.1, 0.15) is 12.4 Å². The zero-order valence-electron chi connectivity index (χ0n) is 17.6. The fourth-order valence-corrected chi connectivity index (χ4v) is 3.00. The van der Waals surface area contributed by atoms with Crippen molar-refractivity contribution in [2.24, 2.45) is 0 Å². The molecule has 1 saturated carbocycles. The molecule has 0 atom stereocenters. The first kappa shape index (κ1) is 21.6. The van der Waals surface area contributed by atoms with Gasteiger partial charge in [0.05, 0.1) is 5.69 Å². The summed E-state index contributed by atoms with van der Waals surface area (Å²) in [5.41, 5.74) is 1.78. The first-order chi connectivity index (χ1) is 14.6. The van der Waals surface area contributed by atoms with Crippen molar-refractivity contribution in [2.45, 2.75) is 32.7 Å². The second kappa shape index (κ2) is 10.6. The number of benzene rings is 2. The molecule has 1 aliphatic rings. The molecule has 7 heteroatoms. The lowest BCUT2D eigenvalue weighted by molar-refractivity contribution is 0.102. The average molecular weight is 411 g/mol. The van der Waals surface area contributed by atoms with Gasteiger partial charge in [-0.05, 0) is 62.3 Å². The van der Waals surface area contributed by atoms with Gasteiger partial charge in [-0.1, -0.05) is 26.0 Å². The van der Waals surface area contributed by atoms with E-state index in [0.717, 1.165) is 32.5 Å². The van der Waals surface area contributed by atoms with Gasteiger partial charge < -0.3 is 25.6 Å². The van der Waals surface area contributed by atoms with Crippen LogP contribution in [0.4, 0.5) is 16.2 Å². The second-order valence-electron chi connectivity index (χ2n) is 7.28. The molecule has 0 unspecified atom stereocenters. The van der Waals surface area contributed by atoms with Crippen LogP contribution in [0.3, 0.4) is 0 Å². The number of hydrogen-bond donors (Lipinski definition) is 3. The minimum Gasteiger partial charge on any atom is -0.490 e. The Balaban J connectivity index is 1.55. The Labute approximate surface area is 177 Å². The topological polar surface area (TPSA) is 82.7 Å². The van der Waals surface area contributed by atoms with Crippen molar-refractivity contribution >= 4 is 23.3 Å². The van der Waals surface area contributed by atoms with Crippen molar-refractivity contribution in [3.05, 3.63) is 54.1 Å². The van der Waals surface area contributed by atoms with Gasteiger partial charge in [-0.15, -0.1) is 0 Å². The fraction of sp³-hybridized carbons (Fsp3) is 0.391. The molecule has 3 rings (SSSR count). The number of hydrogen-bond acceptors (Lipinski definition) is 4. The maximum Gasteiger partial charge on any atom is 0.319 e. The first-order valence-electron chi connectivity index (χ1n) is 10.5. The molecular weight excluding hydrogens is 380 g/mol. The van der Waals surface area contributed by atoms with E-state index in [1.165, 1.54) is 0 Å². The van der Waals surface area contributed by atoms with Crippen molar-refractivity contribution in [3.63, 3.8) is 0 Å². The Bertz CT molecular complexity index is 846. The summed E-state index contributed by atoms with van der Waals surface area (Å²) in [6.45, 7) is 7.59. The first-order valence-corrected chi connectivity index (χ1v) is 10.5. The lowest BCUT2D eigenvalue weighted by Gasteiger charge is -2.19. The largest absolute Gasteiger partial charge is 0.490 e. The number of carbonyl (C=O) groups is 2. The van der Waals surface area contributed by atoms with E-state index < -0.39 is 0 Å². The van der Waals surface area contributed by atoms with Gasteiger partial charge in [0, 0.05) is 23.8 Å². The summed E-state index contributed by atoms with van der Waals surface area (Å²) in [5.74, 6) is 0.414. The average Bonchev–Trinajstić information content (AvgIpc) is 3.56. The number of anilines is 2. The van der Waals surface area contributed by atoms with Crippen LogP contribution in [0.25, 0.3) is 0 Å². The minimum atomic E-state index is -0.233. The molecule has 0 saturated heterocycles. The van der Waals surface area contributed by atoms with E-state index >= 15 is 0 Å². The zero-order valence-corrected chi connectivity index (χ0v) is 17.6. The quantitative estimate of drug-likeness (QED) is 0.554. The Morgan fingerprint density at radius 1 is 1.00 bits per heavy atom. The highest BCUT2D eigenvalue weighted by Gasteiger charge is 2.23. The third-order valence-corrected chi connectivity index (χ3v) is 5.01. The van der Waals surface area contributed by atoms with Crippen LogP contribution in [0, 0.1) is 0 Å². The third-order valence-electron chi connectivity index (χ3n) is 5.01. The van der Waals surface area contributed by atoms with Crippen molar-refractivity contribution in [3.8, 4) is 5.75 Å². The third kappa shape index (κ3) is 6.49. The molecule has 0 radical (unpaired) electrons. The highest BCUT2D eigenvalue weighted by atomic mass is 16.5. The van der Waals surface area contributed by atoms with E-state index in [1.807, 2.05) is 24.3 Å². The van der Waals surface area contributed by atoms with Crippen molar-refractivity contribution in [2.75, 3.05) is 36.9 Å². The number of rotatable bonds is 10. The maximum absolute atomic E-state index is 12.7. The number of para-hydroxylation sites is 2. The van der Waals surface area contributed by atoms with E-state index in [2.05, 4.69) is 34.7 Å². The molecule has 160 valence electrons. The predicted molar refractivity (Wildman–Crippen MR) is 119 cm³/mol. The number of carbonyl (C=O) groups excluding carboxylic acids is 2. The molecule has 3 N–H and O–H groups in total. The molecule has 0 spiro atoms. The number of nitrogens with one attached hydrogen (secondary N) is 3. The van der Waals surface area contributed by atoms with E-state index in [1.54, 1.807) is 24.3 Å². The molecule has 7 nitrogen and oxygen atoms in total. The molecule has 0 aliphatic heterocycles. The van der Waals surface area contributed by atoms with Crippen LogP contribution in [-0.2, 0) is 0 Å². The summed E-state index contributed by atoms with van der Waals surface area (Å²) >= 11 is 0. The van der Waals surface area contributed by atoms with Crippen LogP contribution in [-0.4, -0.2) is 49.1 Å². The van der Waals surface area contributed by atoms with Gasteiger partial charge in [-0.3, -0.25) is 4.79 Å². The highest BCUT2D eigenvalue weighted by Crippen LogP contribution is 2.24. The molecule has 1 aliphatic carbocycles. The number of likely N-dealkylation sites (N-methyl/N-ethyl adjacent to an activating group) is 1. The Kier molecular flexibility index (Phi) is 7.68. The van der Waals surface area contributed by atoms with Crippen LogP contribution in [0.1, 0.15) is 37.0 Å². The lowest BCUT2D eigenvalue weighted by atomic mass is 10.2. The maximum atomic E-state index is 12.7. The Morgan fingerprint density at radius 3 is 2.37 bits per heavy atom. The molecule has 0 aromatic heterocycles. The zero-order chi connectivity index (χ0) is 21.3. The van der Waals surface area contributed by atoms with E-state index in [-0.39, 0.29) is 11.9 Å². The standard InChI is InChI=1S/C23H30N4O3/c1-3-27(4-2)15-16-30-21-8-6-5-7-20(21)26-22(28)17-9-11-18(12-10-17)24-23(29)25-19-13-14-19/h5-12,19H,3-4,13-16H2,1-2H3,(H,26,28)(H2,24,25,29). The summed E-state index contributed by atoms with van der Waals surface area (Å²) in [5, 5.41) is 8.55. The number of nitrogens with zero attached hydrogens (tertiary/aromatic N) is 1. The Hall–Kier alpha value is -3.06. The highest BCUT2D eigenvalue weighted by molar-refractivity contribution is 6.05. The molecule has 1 fully saturated rings. The van der Waals surface area contributed by atoms with E-state index in [4.69, 9.17) is 4.74 Å². The molecule has 2 aromatic carbocycles. The smallest absolute Gasteiger partial charge is 0.319 e. The molecular formula is C23H30N4O3. The van der Waals surface area contributed by atoms with Gasteiger partial charge >= 0.3 is 6.03 Å². The predicted octanol–water partition coefficient (Wildman–Crippen LogP) is 3.94. The summed E-state index contributed by atoms with van der Waals surface area (Å²) < 4.78 is 5.90.